The molecule has 0 bridgehead atoms. The number of H-pyrrole nitrogens is 1. The molecule has 3 N–H and O–H groups in total. The van der Waals surface area contributed by atoms with Gasteiger partial charge in [-0.25, -0.2) is 9.37 Å². The third-order valence-corrected chi connectivity index (χ3v) is 2.44. The fourth-order valence-corrected chi connectivity index (χ4v) is 1.54. The maximum absolute atomic E-state index is 13.0. The molecule has 0 aliphatic heterocycles. The summed E-state index contributed by atoms with van der Waals surface area (Å²) in [5.41, 5.74) is 1.25. The van der Waals surface area contributed by atoms with Crippen LogP contribution in [0.5, 0.6) is 0 Å². The number of aromatic nitrogens is 2. The van der Waals surface area contributed by atoms with E-state index in [0.29, 0.717) is 17.0 Å². The summed E-state index contributed by atoms with van der Waals surface area (Å²) in [6, 6.07) is 3.87. The predicted octanol–water partition coefficient (Wildman–Crippen LogP) is 1.25. The minimum Gasteiger partial charge on any atom is -0.357 e. The number of carbonyl (C=O) groups excluding carboxylic acids is 1. The fraction of sp³-hybridized carbons (Fsp3) is 0.273. The lowest BCUT2D eigenvalue weighted by atomic mass is 10.3. The molecule has 0 radical (unpaired) electrons. The number of fused-ring (bicyclic) bond motifs is 1. The highest BCUT2D eigenvalue weighted by molar-refractivity contribution is 5.84. The predicted molar refractivity (Wildman–Crippen MR) is 63.2 cm³/mol. The van der Waals surface area contributed by atoms with E-state index in [2.05, 4.69) is 20.6 Å². The zero-order valence-electron chi connectivity index (χ0n) is 9.54. The average Bonchev–Trinajstić information content (AvgIpc) is 2.69. The smallest absolute Gasteiger partial charge is 0.242 e. The number of amides is 1. The topological polar surface area (TPSA) is 69.8 Å². The van der Waals surface area contributed by atoms with Crippen molar-refractivity contribution in [3.8, 4) is 0 Å². The van der Waals surface area contributed by atoms with E-state index in [1.807, 2.05) is 0 Å². The summed E-state index contributed by atoms with van der Waals surface area (Å²) in [7, 11) is 1.56. The highest BCUT2D eigenvalue weighted by Crippen LogP contribution is 2.15. The van der Waals surface area contributed by atoms with E-state index in [1.54, 1.807) is 20.0 Å². The van der Waals surface area contributed by atoms with Crippen molar-refractivity contribution in [2.45, 2.75) is 13.0 Å². The molecule has 17 heavy (non-hydrogen) atoms. The minimum absolute atomic E-state index is 0.142. The molecule has 1 heterocycles. The van der Waals surface area contributed by atoms with Crippen LogP contribution in [0.3, 0.4) is 0 Å². The van der Waals surface area contributed by atoms with Crippen molar-refractivity contribution in [1.29, 1.82) is 0 Å². The summed E-state index contributed by atoms with van der Waals surface area (Å²) in [5, 5.41) is 5.43. The first kappa shape index (κ1) is 11.4. The van der Waals surface area contributed by atoms with Crippen molar-refractivity contribution in [3.05, 3.63) is 24.0 Å². The molecule has 1 unspecified atom stereocenters. The summed E-state index contributed by atoms with van der Waals surface area (Å²) in [4.78, 5) is 18.4. The number of anilines is 1. The Balaban J connectivity index is 2.22. The molecule has 1 aromatic heterocycles. The summed E-state index contributed by atoms with van der Waals surface area (Å²) in [6.45, 7) is 1.71. The molecule has 0 aliphatic carbocycles. The molecule has 2 rings (SSSR count). The van der Waals surface area contributed by atoms with Gasteiger partial charge in [0.05, 0.1) is 11.0 Å². The Kier molecular flexibility index (Phi) is 2.95. The normalized spacial score (nSPS) is 12.4. The molecule has 0 saturated carbocycles. The fourth-order valence-electron chi connectivity index (χ4n) is 1.54. The lowest BCUT2D eigenvalue weighted by Gasteiger charge is -2.10. The molecular weight excluding hydrogens is 223 g/mol. The first-order valence-electron chi connectivity index (χ1n) is 5.23. The Bertz CT molecular complexity index is 551. The Labute approximate surface area is 97.4 Å². The van der Waals surface area contributed by atoms with Crippen molar-refractivity contribution in [3.63, 3.8) is 0 Å². The van der Waals surface area contributed by atoms with Crippen LogP contribution in [0, 0.1) is 5.82 Å². The van der Waals surface area contributed by atoms with E-state index in [4.69, 9.17) is 0 Å². The molecule has 1 amide bonds. The summed E-state index contributed by atoms with van der Waals surface area (Å²) in [6.07, 6.45) is 0. The molecule has 0 aliphatic rings. The van der Waals surface area contributed by atoms with Gasteiger partial charge in [0.1, 0.15) is 11.9 Å². The Morgan fingerprint density at radius 2 is 2.29 bits per heavy atom. The number of aromatic amines is 1. The van der Waals surface area contributed by atoms with Crippen LogP contribution in [0.2, 0.25) is 0 Å². The van der Waals surface area contributed by atoms with Crippen LogP contribution in [-0.2, 0) is 4.79 Å². The van der Waals surface area contributed by atoms with Crippen LogP contribution in [0.15, 0.2) is 18.2 Å². The second-order valence-corrected chi connectivity index (χ2v) is 3.73. The minimum atomic E-state index is -0.412. The molecule has 0 fully saturated rings. The third-order valence-electron chi connectivity index (χ3n) is 2.44. The Morgan fingerprint density at radius 3 is 3.00 bits per heavy atom. The van der Waals surface area contributed by atoms with E-state index in [1.165, 1.54) is 12.1 Å². The molecular formula is C11H13FN4O. The van der Waals surface area contributed by atoms with Gasteiger partial charge < -0.3 is 15.6 Å². The second kappa shape index (κ2) is 4.40. The zero-order chi connectivity index (χ0) is 12.4. The average molecular weight is 236 g/mol. The van der Waals surface area contributed by atoms with Crippen molar-refractivity contribution >= 4 is 22.9 Å². The zero-order valence-corrected chi connectivity index (χ0v) is 9.54. The Hall–Kier alpha value is -2.11. The number of likely N-dealkylation sites (N-methyl/N-ethyl adjacent to an activating group) is 1. The van der Waals surface area contributed by atoms with Gasteiger partial charge in [0.15, 0.2) is 0 Å². The number of hydrogen-bond donors (Lipinski definition) is 3. The highest BCUT2D eigenvalue weighted by Gasteiger charge is 2.12. The van der Waals surface area contributed by atoms with Crippen molar-refractivity contribution in [2.75, 3.05) is 12.4 Å². The number of imidazole rings is 1. The van der Waals surface area contributed by atoms with Gasteiger partial charge in [0.25, 0.3) is 0 Å². The van der Waals surface area contributed by atoms with Gasteiger partial charge in [0, 0.05) is 7.05 Å². The number of benzene rings is 1. The molecule has 90 valence electrons. The van der Waals surface area contributed by atoms with Crippen LogP contribution in [0.4, 0.5) is 10.3 Å². The Morgan fingerprint density at radius 1 is 1.53 bits per heavy atom. The van der Waals surface area contributed by atoms with Gasteiger partial charge >= 0.3 is 0 Å². The number of nitrogens with one attached hydrogen (secondary N) is 3. The second-order valence-electron chi connectivity index (χ2n) is 3.73. The molecule has 6 heteroatoms. The third kappa shape index (κ3) is 2.35. The largest absolute Gasteiger partial charge is 0.357 e. The van der Waals surface area contributed by atoms with Crippen molar-refractivity contribution in [2.24, 2.45) is 0 Å². The van der Waals surface area contributed by atoms with Gasteiger partial charge in [-0.05, 0) is 25.1 Å². The first-order chi connectivity index (χ1) is 8.10. The molecule has 0 spiro atoms. The van der Waals surface area contributed by atoms with E-state index >= 15 is 0 Å². The van der Waals surface area contributed by atoms with Gasteiger partial charge in [-0.3, -0.25) is 4.79 Å². The van der Waals surface area contributed by atoms with Gasteiger partial charge in [-0.1, -0.05) is 0 Å². The van der Waals surface area contributed by atoms with E-state index < -0.39 is 6.04 Å². The van der Waals surface area contributed by atoms with Crippen LogP contribution < -0.4 is 10.6 Å². The number of hydrogen-bond acceptors (Lipinski definition) is 3. The van der Waals surface area contributed by atoms with Crippen LogP contribution >= 0.6 is 0 Å². The molecule has 1 aromatic carbocycles. The summed E-state index contributed by atoms with van der Waals surface area (Å²) < 4.78 is 13.0. The summed E-state index contributed by atoms with van der Waals surface area (Å²) in [5.74, 6) is -0.0228. The molecule has 5 nitrogen and oxygen atoms in total. The van der Waals surface area contributed by atoms with Crippen LogP contribution in [0.1, 0.15) is 6.92 Å². The molecule has 1 atom stereocenters. The summed E-state index contributed by atoms with van der Waals surface area (Å²) >= 11 is 0. The van der Waals surface area contributed by atoms with E-state index in [0.717, 1.165) is 0 Å². The monoisotopic (exact) mass is 236 g/mol. The maximum Gasteiger partial charge on any atom is 0.242 e. The van der Waals surface area contributed by atoms with E-state index in [9.17, 15) is 9.18 Å². The SMILES string of the molecule is CNC(=O)C(C)Nc1nc2ccc(F)cc2[nH]1. The standard InChI is InChI=1S/C11H13FN4O/c1-6(10(17)13-2)14-11-15-8-4-3-7(12)5-9(8)16-11/h3-6H,1-2H3,(H,13,17)(H2,14,15,16). The van der Waals surface area contributed by atoms with Gasteiger partial charge in [-0.15, -0.1) is 0 Å². The number of rotatable bonds is 3. The highest BCUT2D eigenvalue weighted by atomic mass is 19.1. The number of carbonyl (C=O) groups is 1. The maximum atomic E-state index is 13.0. The lowest BCUT2D eigenvalue weighted by molar-refractivity contribution is -0.121. The quantitative estimate of drug-likeness (QED) is 0.751. The van der Waals surface area contributed by atoms with Crippen LogP contribution in [0.25, 0.3) is 11.0 Å². The van der Waals surface area contributed by atoms with Gasteiger partial charge in [-0.2, -0.15) is 0 Å². The number of halogens is 1. The van der Waals surface area contributed by atoms with Crippen molar-refractivity contribution in [1.82, 2.24) is 15.3 Å². The lowest BCUT2D eigenvalue weighted by Crippen LogP contribution is -2.35. The molecule has 0 saturated heterocycles. The van der Waals surface area contributed by atoms with Crippen molar-refractivity contribution < 1.29 is 9.18 Å². The number of nitrogens with zero attached hydrogens (tertiary/aromatic N) is 1. The van der Waals surface area contributed by atoms with Crippen LogP contribution in [-0.4, -0.2) is 29.0 Å². The molecule has 2 aromatic rings. The van der Waals surface area contributed by atoms with Gasteiger partial charge in [0.2, 0.25) is 11.9 Å². The first-order valence-corrected chi connectivity index (χ1v) is 5.23. The van der Waals surface area contributed by atoms with E-state index in [-0.39, 0.29) is 11.7 Å².